The highest BCUT2D eigenvalue weighted by molar-refractivity contribution is 7.89. The summed E-state index contributed by atoms with van der Waals surface area (Å²) < 4.78 is 38.7. The second-order valence-electron chi connectivity index (χ2n) is 9.12. The second kappa shape index (κ2) is 14.7. The van der Waals surface area contributed by atoms with Gasteiger partial charge in [0.15, 0.2) is 0 Å². The molecule has 0 spiro atoms. The molecule has 0 aliphatic rings. The van der Waals surface area contributed by atoms with Crippen LogP contribution in [-0.2, 0) is 16.6 Å². The van der Waals surface area contributed by atoms with Crippen LogP contribution >= 0.6 is 0 Å². The molecule has 11 heteroatoms. The van der Waals surface area contributed by atoms with Crippen molar-refractivity contribution in [2.24, 2.45) is 5.92 Å². The van der Waals surface area contributed by atoms with Crippen LogP contribution in [0.25, 0.3) is 0 Å². The number of carbonyl (C=O) groups is 1. The average molecular weight is 537 g/mol. The van der Waals surface area contributed by atoms with Crippen molar-refractivity contribution in [1.82, 2.24) is 14.9 Å². The van der Waals surface area contributed by atoms with E-state index < -0.39 is 16.1 Å². The number of unbranched alkanes of at least 4 members (excludes halogenated alkanes) is 1. The molecule has 0 aliphatic carbocycles. The lowest BCUT2D eigenvalue weighted by Crippen LogP contribution is -2.44. The van der Waals surface area contributed by atoms with E-state index in [9.17, 15) is 18.3 Å². The number of nitrogens with zero attached hydrogens (tertiary/aromatic N) is 1. The molecule has 1 atom stereocenters. The SMILES string of the molecule is COc1cccc(OC)c1CNC(=O)NCCCC[C@@H](CO)N(CC(C)C)S(=O)(=O)c1ccc(N)cc1. The normalized spacial score (nSPS) is 12.4. The maximum atomic E-state index is 13.3. The van der Waals surface area contributed by atoms with Crippen LogP contribution in [0.3, 0.4) is 0 Å². The Morgan fingerprint density at radius 1 is 1.03 bits per heavy atom. The molecule has 0 heterocycles. The lowest BCUT2D eigenvalue weighted by atomic mass is 10.1. The summed E-state index contributed by atoms with van der Waals surface area (Å²) in [6.45, 7) is 4.49. The molecular formula is C26H40N4O6S. The molecule has 10 nitrogen and oxygen atoms in total. The van der Waals surface area contributed by atoms with Gasteiger partial charge in [0.1, 0.15) is 11.5 Å². The Labute approximate surface area is 220 Å². The van der Waals surface area contributed by atoms with E-state index in [-0.39, 0.29) is 36.5 Å². The first kappa shape index (κ1) is 30.2. The highest BCUT2D eigenvalue weighted by Crippen LogP contribution is 2.28. The van der Waals surface area contributed by atoms with Gasteiger partial charge in [0.05, 0.1) is 37.8 Å². The molecule has 206 valence electrons. The zero-order valence-corrected chi connectivity index (χ0v) is 22.9. The van der Waals surface area contributed by atoms with Gasteiger partial charge in [-0.15, -0.1) is 0 Å². The monoisotopic (exact) mass is 536 g/mol. The van der Waals surface area contributed by atoms with Gasteiger partial charge in [0.25, 0.3) is 0 Å². The summed E-state index contributed by atoms with van der Waals surface area (Å²) in [7, 11) is -0.694. The van der Waals surface area contributed by atoms with Crippen LogP contribution in [0.4, 0.5) is 10.5 Å². The minimum Gasteiger partial charge on any atom is -0.496 e. The van der Waals surface area contributed by atoms with E-state index in [0.717, 1.165) is 5.56 Å². The standard InChI is InChI=1S/C26H40N4O6S/c1-19(2)17-30(37(33,34)22-13-11-20(27)12-14-22)21(18-31)8-5-6-15-28-26(32)29-16-23-24(35-3)9-7-10-25(23)36-4/h7,9-14,19,21,31H,5-6,8,15-18,27H2,1-4H3,(H2,28,29,32)/t21-/m0/s1. The predicted molar refractivity (Wildman–Crippen MR) is 144 cm³/mol. The third kappa shape index (κ3) is 8.80. The van der Waals surface area contributed by atoms with Gasteiger partial charge in [-0.25, -0.2) is 13.2 Å². The first-order chi connectivity index (χ1) is 17.6. The van der Waals surface area contributed by atoms with Crippen molar-refractivity contribution in [2.45, 2.75) is 50.6 Å². The van der Waals surface area contributed by atoms with Crippen molar-refractivity contribution in [3.8, 4) is 11.5 Å². The second-order valence-corrected chi connectivity index (χ2v) is 11.0. The van der Waals surface area contributed by atoms with Crippen LogP contribution < -0.4 is 25.8 Å². The summed E-state index contributed by atoms with van der Waals surface area (Å²) in [6.07, 6.45) is 1.70. The highest BCUT2D eigenvalue weighted by Gasteiger charge is 2.31. The highest BCUT2D eigenvalue weighted by atomic mass is 32.2. The molecule has 2 rings (SSSR count). The van der Waals surface area contributed by atoms with Crippen molar-refractivity contribution in [3.63, 3.8) is 0 Å². The number of carbonyl (C=O) groups excluding carboxylic acids is 1. The van der Waals surface area contributed by atoms with Gasteiger partial charge in [0, 0.05) is 24.8 Å². The summed E-state index contributed by atoms with van der Waals surface area (Å²) in [4.78, 5) is 12.4. The van der Waals surface area contributed by atoms with Crippen molar-refractivity contribution < 1.29 is 27.8 Å². The minimum absolute atomic E-state index is 0.0739. The molecule has 0 unspecified atom stereocenters. The van der Waals surface area contributed by atoms with Crippen molar-refractivity contribution in [3.05, 3.63) is 48.0 Å². The van der Waals surface area contributed by atoms with Crippen LogP contribution in [0, 0.1) is 5.92 Å². The number of nitrogen functional groups attached to an aromatic ring is 1. The number of benzene rings is 2. The third-order valence-electron chi connectivity index (χ3n) is 5.86. The molecule has 5 N–H and O–H groups in total. The lowest BCUT2D eigenvalue weighted by Gasteiger charge is -2.31. The fourth-order valence-electron chi connectivity index (χ4n) is 3.95. The van der Waals surface area contributed by atoms with E-state index in [0.29, 0.717) is 43.0 Å². The number of rotatable bonds is 15. The van der Waals surface area contributed by atoms with Crippen LogP contribution in [0.1, 0.15) is 38.7 Å². The molecule has 2 aromatic carbocycles. The first-order valence-electron chi connectivity index (χ1n) is 12.3. The Morgan fingerprint density at radius 2 is 1.65 bits per heavy atom. The van der Waals surface area contributed by atoms with Gasteiger partial charge in [-0.05, 0) is 55.2 Å². The lowest BCUT2D eigenvalue weighted by molar-refractivity contribution is 0.168. The average Bonchev–Trinajstić information content (AvgIpc) is 2.88. The number of aliphatic hydroxyl groups is 1. The van der Waals surface area contributed by atoms with E-state index in [4.69, 9.17) is 15.2 Å². The molecule has 0 aromatic heterocycles. The fourth-order valence-corrected chi connectivity index (χ4v) is 5.75. The molecule has 0 saturated carbocycles. The first-order valence-corrected chi connectivity index (χ1v) is 13.8. The molecule has 0 bridgehead atoms. The van der Waals surface area contributed by atoms with Gasteiger partial charge in [-0.1, -0.05) is 26.3 Å². The van der Waals surface area contributed by atoms with Gasteiger partial charge in [-0.3, -0.25) is 0 Å². The number of urea groups is 1. The number of nitrogens with two attached hydrogens (primary N) is 1. The van der Waals surface area contributed by atoms with Gasteiger partial charge >= 0.3 is 6.03 Å². The van der Waals surface area contributed by atoms with Crippen molar-refractivity contribution >= 4 is 21.7 Å². The zero-order chi connectivity index (χ0) is 27.4. The number of nitrogens with one attached hydrogen (secondary N) is 2. The largest absolute Gasteiger partial charge is 0.496 e. The smallest absolute Gasteiger partial charge is 0.315 e. The number of methoxy groups -OCH3 is 2. The molecule has 0 saturated heterocycles. The Balaban J connectivity index is 1.89. The fraction of sp³-hybridized carbons (Fsp3) is 0.500. The molecule has 0 aliphatic heterocycles. The van der Waals surface area contributed by atoms with Gasteiger partial charge < -0.3 is 30.9 Å². The number of aliphatic hydroxyl groups excluding tert-OH is 1. The zero-order valence-electron chi connectivity index (χ0n) is 22.1. The van der Waals surface area contributed by atoms with Crippen LogP contribution in [0.5, 0.6) is 11.5 Å². The molecule has 37 heavy (non-hydrogen) atoms. The minimum atomic E-state index is -3.81. The van der Waals surface area contributed by atoms with E-state index in [2.05, 4.69) is 10.6 Å². The number of hydrogen-bond donors (Lipinski definition) is 4. The molecule has 2 aromatic rings. The van der Waals surface area contributed by atoms with E-state index >= 15 is 0 Å². The Kier molecular flexibility index (Phi) is 12.0. The van der Waals surface area contributed by atoms with Gasteiger partial charge in [0.2, 0.25) is 10.0 Å². The number of anilines is 1. The summed E-state index contributed by atoms with van der Waals surface area (Å²) >= 11 is 0. The third-order valence-corrected chi connectivity index (χ3v) is 7.79. The summed E-state index contributed by atoms with van der Waals surface area (Å²) in [6, 6.07) is 10.6. The Morgan fingerprint density at radius 3 is 2.19 bits per heavy atom. The Bertz CT molecular complexity index is 1070. The molecular weight excluding hydrogens is 496 g/mol. The maximum Gasteiger partial charge on any atom is 0.315 e. The number of amides is 2. The van der Waals surface area contributed by atoms with E-state index in [1.165, 1.54) is 16.4 Å². The van der Waals surface area contributed by atoms with E-state index in [1.54, 1.807) is 38.5 Å². The maximum absolute atomic E-state index is 13.3. The predicted octanol–water partition coefficient (Wildman–Crippen LogP) is 2.96. The molecule has 0 fully saturated rings. The van der Waals surface area contributed by atoms with Crippen molar-refractivity contribution in [1.29, 1.82) is 0 Å². The summed E-state index contributed by atoms with van der Waals surface area (Å²) in [5, 5.41) is 15.6. The quantitative estimate of drug-likeness (QED) is 0.202. The van der Waals surface area contributed by atoms with Gasteiger partial charge in [-0.2, -0.15) is 4.31 Å². The topological polar surface area (TPSA) is 143 Å². The summed E-state index contributed by atoms with van der Waals surface area (Å²) in [5.41, 5.74) is 6.92. The van der Waals surface area contributed by atoms with Crippen molar-refractivity contribution in [2.75, 3.05) is 39.6 Å². The number of sulfonamides is 1. The summed E-state index contributed by atoms with van der Waals surface area (Å²) in [5.74, 6) is 1.31. The number of ether oxygens (including phenoxy) is 2. The van der Waals surface area contributed by atoms with Crippen LogP contribution in [0.15, 0.2) is 47.4 Å². The van der Waals surface area contributed by atoms with Crippen LogP contribution in [0.2, 0.25) is 0 Å². The van der Waals surface area contributed by atoms with E-state index in [1.807, 2.05) is 19.9 Å². The Hall–Kier alpha value is -3.02. The number of hydrogen-bond acceptors (Lipinski definition) is 7. The molecule has 0 radical (unpaired) electrons. The van der Waals surface area contributed by atoms with Crippen LogP contribution in [-0.4, -0.2) is 63.8 Å². The molecule has 2 amide bonds.